The topological polar surface area (TPSA) is 12.5 Å². The Hall–Kier alpha value is -6.73. The molecule has 2 aliphatic heterocycles. The summed E-state index contributed by atoms with van der Waals surface area (Å²) >= 11 is 0. The Morgan fingerprint density at radius 3 is 1.70 bits per heavy atom. The maximum atomic E-state index is 6.74. The van der Waals surface area contributed by atoms with E-state index < -0.39 is 16.9 Å². The molecule has 263 valence electrons. The summed E-state index contributed by atoms with van der Waals surface area (Å²) in [5.41, 5.74) is 5.86. The molecule has 11 rings (SSSR count). The van der Waals surface area contributed by atoms with Crippen LogP contribution in [0.25, 0.3) is 21.9 Å². The van der Waals surface area contributed by atoms with Crippen molar-refractivity contribution in [2.24, 2.45) is 0 Å². The number of para-hydroxylation sites is 2. The third-order valence-corrected chi connectivity index (χ3v) is 19.9. The van der Waals surface area contributed by atoms with Crippen LogP contribution < -0.4 is 45.9 Å². The predicted octanol–water partition coefficient (Wildman–Crippen LogP) is 8.29. The highest BCUT2D eigenvalue weighted by Crippen LogP contribution is 2.40. The van der Waals surface area contributed by atoms with Gasteiger partial charge in [0.05, 0.1) is 5.69 Å². The van der Waals surface area contributed by atoms with E-state index in [2.05, 4.69) is 223 Å². The second-order valence-corrected chi connectivity index (χ2v) is 20.7. The minimum Gasteiger partial charge on any atom is -0.458 e. The summed E-state index contributed by atoms with van der Waals surface area (Å²) in [6, 6.07) is 80.8. The van der Waals surface area contributed by atoms with Crippen LogP contribution in [0.1, 0.15) is 0 Å². The maximum Gasteiger partial charge on any atom is 0.188 e. The fraction of sp³-hybridized carbons (Fsp3) is 0. The van der Waals surface area contributed by atoms with Crippen LogP contribution in [0.4, 0.5) is 17.1 Å². The van der Waals surface area contributed by atoms with Gasteiger partial charge in [0, 0.05) is 16.8 Å². The monoisotopic (exact) mass is 746 g/mol. The smallest absolute Gasteiger partial charge is 0.188 e. The number of hydrogen-bond acceptors (Lipinski definition) is 2. The standard InChI is InChI=1S/C52H36NOSi2/c1-3-16-37(17-4-1)38-30-32-40(33-31-38)53(44-23-15-19-39-18-7-8-22-43(39)44)41-34-35-52-48(36-41)55(42-20-5-2-6-21-42)47-26-11-14-29-51(47)56(52)49-27-12-9-24-45(49)54-46-25-10-13-28-50(46)56/h1-36H. The van der Waals surface area contributed by atoms with Gasteiger partial charge in [0.2, 0.25) is 0 Å². The Morgan fingerprint density at radius 2 is 0.946 bits per heavy atom. The Labute approximate surface area is 330 Å². The average molecular weight is 747 g/mol. The van der Waals surface area contributed by atoms with E-state index in [-0.39, 0.29) is 0 Å². The molecule has 0 N–H and O–H groups in total. The van der Waals surface area contributed by atoms with Gasteiger partial charge in [-0.25, -0.2) is 0 Å². The first-order valence-electron chi connectivity index (χ1n) is 19.3. The van der Waals surface area contributed by atoms with Gasteiger partial charge in [0.1, 0.15) is 11.5 Å². The van der Waals surface area contributed by atoms with Crippen molar-refractivity contribution >= 4 is 81.0 Å². The van der Waals surface area contributed by atoms with Crippen LogP contribution in [0.3, 0.4) is 0 Å². The molecule has 0 saturated heterocycles. The van der Waals surface area contributed by atoms with E-state index in [1.807, 2.05) is 0 Å². The van der Waals surface area contributed by atoms with E-state index in [4.69, 9.17) is 4.74 Å². The zero-order chi connectivity index (χ0) is 37.1. The molecule has 2 aliphatic rings. The van der Waals surface area contributed by atoms with Crippen molar-refractivity contribution in [3.63, 3.8) is 0 Å². The summed E-state index contributed by atoms with van der Waals surface area (Å²) in [6.45, 7) is 0. The molecule has 0 bridgehead atoms. The van der Waals surface area contributed by atoms with Gasteiger partial charge in [0.25, 0.3) is 0 Å². The first-order valence-corrected chi connectivity index (χ1v) is 22.8. The van der Waals surface area contributed by atoms with Crippen molar-refractivity contribution in [3.05, 3.63) is 218 Å². The Balaban J connectivity index is 1.21. The van der Waals surface area contributed by atoms with Crippen molar-refractivity contribution in [2.75, 3.05) is 4.90 Å². The van der Waals surface area contributed by atoms with Crippen LogP contribution in [0.5, 0.6) is 11.5 Å². The van der Waals surface area contributed by atoms with Crippen molar-refractivity contribution in [1.29, 1.82) is 0 Å². The third-order valence-electron chi connectivity index (χ3n) is 11.6. The summed E-state index contributed by atoms with van der Waals surface area (Å²) in [6.07, 6.45) is 0. The lowest BCUT2D eigenvalue weighted by Gasteiger charge is -2.46. The third kappa shape index (κ3) is 5.00. The number of anilines is 3. The average Bonchev–Trinajstić information content (AvgIpc) is 3.27. The Morgan fingerprint density at radius 1 is 0.393 bits per heavy atom. The van der Waals surface area contributed by atoms with Gasteiger partial charge in [-0.2, -0.15) is 0 Å². The molecular formula is C52H36NOSi2. The highest BCUT2D eigenvalue weighted by atomic mass is 28.3. The second kappa shape index (κ2) is 13.2. The van der Waals surface area contributed by atoms with Crippen molar-refractivity contribution < 1.29 is 4.74 Å². The number of rotatable bonds is 5. The summed E-state index contributed by atoms with van der Waals surface area (Å²) in [5, 5.41) is 12.3. The van der Waals surface area contributed by atoms with Gasteiger partial charge in [-0.1, -0.05) is 186 Å². The minimum atomic E-state index is -2.85. The quantitative estimate of drug-likeness (QED) is 0.165. The Kier molecular flexibility index (Phi) is 7.73. The van der Waals surface area contributed by atoms with E-state index in [0.717, 1.165) is 28.6 Å². The minimum absolute atomic E-state index is 0.967. The lowest BCUT2D eigenvalue weighted by Crippen LogP contribution is -2.87. The summed E-state index contributed by atoms with van der Waals surface area (Å²) in [5.74, 6) is 1.93. The van der Waals surface area contributed by atoms with E-state index in [9.17, 15) is 0 Å². The van der Waals surface area contributed by atoms with E-state index >= 15 is 0 Å². The van der Waals surface area contributed by atoms with Crippen LogP contribution in [-0.2, 0) is 0 Å². The lowest BCUT2D eigenvalue weighted by atomic mass is 10.0. The highest BCUT2D eigenvalue weighted by Gasteiger charge is 2.53. The van der Waals surface area contributed by atoms with Crippen LogP contribution >= 0.6 is 0 Å². The van der Waals surface area contributed by atoms with Crippen LogP contribution in [-0.4, -0.2) is 16.9 Å². The van der Waals surface area contributed by atoms with E-state index in [1.165, 1.54) is 58.2 Å². The molecule has 1 spiro atoms. The summed E-state index contributed by atoms with van der Waals surface area (Å²) < 4.78 is 6.74. The van der Waals surface area contributed by atoms with Gasteiger partial charge in [-0.05, 0) is 84.9 Å². The van der Waals surface area contributed by atoms with Gasteiger partial charge in [0.15, 0.2) is 16.9 Å². The van der Waals surface area contributed by atoms with Crippen LogP contribution in [0.2, 0.25) is 0 Å². The second-order valence-electron chi connectivity index (χ2n) is 14.6. The number of hydrogen-bond donors (Lipinski definition) is 0. The fourth-order valence-electron chi connectivity index (χ4n) is 9.28. The molecule has 0 unspecified atom stereocenters. The number of nitrogens with zero attached hydrogens (tertiary/aromatic N) is 1. The van der Waals surface area contributed by atoms with Crippen LogP contribution in [0.15, 0.2) is 218 Å². The van der Waals surface area contributed by atoms with Crippen molar-refractivity contribution in [3.8, 4) is 22.6 Å². The van der Waals surface area contributed by atoms with Crippen LogP contribution in [0, 0.1) is 0 Å². The van der Waals surface area contributed by atoms with Gasteiger partial charge in [-0.15, -0.1) is 0 Å². The predicted molar refractivity (Wildman–Crippen MR) is 239 cm³/mol. The molecule has 0 aromatic heterocycles. The first kappa shape index (κ1) is 32.7. The molecule has 1 radical (unpaired) electrons. The van der Waals surface area contributed by atoms with Gasteiger partial charge >= 0.3 is 0 Å². The van der Waals surface area contributed by atoms with E-state index in [1.54, 1.807) is 0 Å². The van der Waals surface area contributed by atoms with Crippen molar-refractivity contribution in [2.45, 2.75) is 0 Å². The Bertz CT molecular complexity index is 2860. The number of fused-ring (bicyclic) bond motifs is 9. The zero-order valence-corrected chi connectivity index (χ0v) is 32.6. The van der Waals surface area contributed by atoms with Crippen molar-refractivity contribution in [1.82, 2.24) is 0 Å². The summed E-state index contributed by atoms with van der Waals surface area (Å²) in [7, 11) is -4.30. The highest BCUT2D eigenvalue weighted by molar-refractivity contribution is 7.27. The van der Waals surface area contributed by atoms with Gasteiger partial charge in [-0.3, -0.25) is 0 Å². The van der Waals surface area contributed by atoms with Gasteiger partial charge < -0.3 is 9.64 Å². The summed E-state index contributed by atoms with van der Waals surface area (Å²) in [4.78, 5) is 2.47. The molecule has 0 aliphatic carbocycles. The normalized spacial score (nSPS) is 13.6. The SMILES string of the molecule is c1ccc(-c2ccc(N(c3ccc4c(c3)[Si](c3ccccc3)c3ccccc3[Si]43c4ccccc4Oc4ccccc43)c3cccc4ccccc34)cc2)cc1. The molecular weight excluding hydrogens is 711 g/mol. The fourth-order valence-corrected chi connectivity index (χ4v) is 18.9. The lowest BCUT2D eigenvalue weighted by molar-refractivity contribution is 0.487. The molecule has 9 aromatic rings. The molecule has 9 aromatic carbocycles. The molecule has 0 amide bonds. The molecule has 2 heterocycles. The largest absolute Gasteiger partial charge is 0.458 e. The molecule has 2 nitrogen and oxygen atoms in total. The molecule has 56 heavy (non-hydrogen) atoms. The molecule has 0 fully saturated rings. The maximum absolute atomic E-state index is 6.74. The number of ether oxygens (including phenoxy) is 1. The molecule has 0 saturated carbocycles. The first-order chi connectivity index (χ1) is 27.8. The van der Waals surface area contributed by atoms with E-state index in [0.29, 0.717) is 0 Å². The molecule has 4 heteroatoms. The molecule has 0 atom stereocenters. The zero-order valence-electron chi connectivity index (χ0n) is 30.6. The number of benzene rings is 9.